The Morgan fingerprint density at radius 2 is 2.12 bits per heavy atom. The molecule has 0 unspecified atom stereocenters. The molecule has 1 aliphatic rings. The summed E-state index contributed by atoms with van der Waals surface area (Å²) in [5, 5.41) is 12.2. The first-order valence-electron chi connectivity index (χ1n) is 5.61. The summed E-state index contributed by atoms with van der Waals surface area (Å²) < 4.78 is 0.871. The number of carboxylic acid groups (broad SMARTS) is 1. The van der Waals surface area contributed by atoms with Gasteiger partial charge < -0.3 is 10.4 Å². The minimum Gasteiger partial charge on any atom is -0.478 e. The van der Waals surface area contributed by atoms with E-state index in [0.29, 0.717) is 5.56 Å². The van der Waals surface area contributed by atoms with Crippen LogP contribution in [0.25, 0.3) is 0 Å². The van der Waals surface area contributed by atoms with Crippen LogP contribution in [0.15, 0.2) is 22.7 Å². The van der Waals surface area contributed by atoms with E-state index in [0.717, 1.165) is 42.8 Å². The molecule has 17 heavy (non-hydrogen) atoms. The lowest BCUT2D eigenvalue weighted by molar-refractivity contribution is 0.0697. The molecule has 1 aromatic carbocycles. The summed E-state index contributed by atoms with van der Waals surface area (Å²) in [4.78, 5) is 13.2. The fraction of sp³-hybridized carbons (Fsp3) is 0.417. The van der Waals surface area contributed by atoms with Crippen molar-refractivity contribution >= 4 is 21.9 Å². The topological polar surface area (TPSA) is 52.6 Å². The molecule has 1 aromatic rings. The molecular weight excluding hydrogens is 284 g/mol. The molecule has 0 spiro atoms. The Labute approximate surface area is 109 Å². The van der Waals surface area contributed by atoms with Gasteiger partial charge in [-0.05, 0) is 17.7 Å². The van der Waals surface area contributed by atoms with Gasteiger partial charge in [-0.3, -0.25) is 4.90 Å². The number of nitrogens with zero attached hydrogens (tertiary/aromatic N) is 1. The Bertz CT molecular complexity index is 417. The van der Waals surface area contributed by atoms with E-state index in [2.05, 4.69) is 26.1 Å². The Kier molecular flexibility index (Phi) is 4.15. The van der Waals surface area contributed by atoms with E-state index in [4.69, 9.17) is 5.11 Å². The lowest BCUT2D eigenvalue weighted by Gasteiger charge is -2.27. The number of hydrogen-bond acceptors (Lipinski definition) is 3. The minimum absolute atomic E-state index is 0.320. The predicted molar refractivity (Wildman–Crippen MR) is 69.2 cm³/mol. The van der Waals surface area contributed by atoms with E-state index in [1.807, 2.05) is 6.07 Å². The summed E-state index contributed by atoms with van der Waals surface area (Å²) in [5.74, 6) is -0.889. The average Bonchev–Trinajstić information content (AvgIpc) is 2.33. The molecule has 1 fully saturated rings. The standard InChI is InChI=1S/C12H15BrN2O2/c13-11-7-9(12(16)17)1-2-10(11)8-15-5-3-14-4-6-15/h1-2,7,14H,3-6,8H2,(H,16,17). The molecule has 0 aromatic heterocycles. The lowest BCUT2D eigenvalue weighted by atomic mass is 10.1. The third-order valence-corrected chi connectivity index (χ3v) is 3.64. The maximum Gasteiger partial charge on any atom is 0.335 e. The third-order valence-electron chi connectivity index (χ3n) is 2.90. The first kappa shape index (κ1) is 12.5. The fourth-order valence-corrected chi connectivity index (χ4v) is 2.42. The van der Waals surface area contributed by atoms with E-state index in [-0.39, 0.29) is 0 Å². The Balaban J connectivity index is 2.08. The number of carbonyl (C=O) groups is 1. The van der Waals surface area contributed by atoms with Crippen molar-refractivity contribution in [3.63, 3.8) is 0 Å². The second-order valence-corrected chi connectivity index (χ2v) is 4.99. The average molecular weight is 299 g/mol. The third kappa shape index (κ3) is 3.28. The van der Waals surface area contributed by atoms with Crippen molar-refractivity contribution < 1.29 is 9.90 Å². The van der Waals surface area contributed by atoms with E-state index < -0.39 is 5.97 Å². The van der Waals surface area contributed by atoms with Gasteiger partial charge in [-0.25, -0.2) is 4.79 Å². The molecule has 0 atom stereocenters. The van der Waals surface area contributed by atoms with Gasteiger partial charge in [0.1, 0.15) is 0 Å². The van der Waals surface area contributed by atoms with Crippen molar-refractivity contribution in [1.82, 2.24) is 10.2 Å². The van der Waals surface area contributed by atoms with Gasteiger partial charge in [-0.1, -0.05) is 22.0 Å². The summed E-state index contributed by atoms with van der Waals surface area (Å²) in [7, 11) is 0. The van der Waals surface area contributed by atoms with Crippen LogP contribution in [-0.4, -0.2) is 42.2 Å². The van der Waals surface area contributed by atoms with Crippen LogP contribution < -0.4 is 5.32 Å². The van der Waals surface area contributed by atoms with Crippen LogP contribution in [-0.2, 0) is 6.54 Å². The monoisotopic (exact) mass is 298 g/mol. The maximum absolute atomic E-state index is 10.8. The molecule has 0 radical (unpaired) electrons. The Hall–Kier alpha value is -0.910. The van der Waals surface area contributed by atoms with Gasteiger partial charge in [0.15, 0.2) is 0 Å². The second kappa shape index (κ2) is 5.62. The smallest absolute Gasteiger partial charge is 0.335 e. The molecule has 2 N–H and O–H groups in total. The highest BCUT2D eigenvalue weighted by Gasteiger charge is 2.12. The number of carboxylic acids is 1. The fourth-order valence-electron chi connectivity index (χ4n) is 1.92. The number of halogens is 1. The van der Waals surface area contributed by atoms with Gasteiger partial charge in [0.25, 0.3) is 0 Å². The molecular formula is C12H15BrN2O2. The summed E-state index contributed by atoms with van der Waals surface area (Å²) in [6, 6.07) is 5.21. The summed E-state index contributed by atoms with van der Waals surface area (Å²) in [5.41, 5.74) is 1.46. The number of benzene rings is 1. The molecule has 0 saturated carbocycles. The van der Waals surface area contributed by atoms with Gasteiger partial charge >= 0.3 is 5.97 Å². The van der Waals surface area contributed by atoms with Gasteiger partial charge in [0.2, 0.25) is 0 Å². The zero-order valence-corrected chi connectivity index (χ0v) is 11.0. The van der Waals surface area contributed by atoms with Crippen LogP contribution in [0.1, 0.15) is 15.9 Å². The Morgan fingerprint density at radius 1 is 1.41 bits per heavy atom. The number of nitrogens with one attached hydrogen (secondary N) is 1. The molecule has 0 amide bonds. The number of rotatable bonds is 3. The van der Waals surface area contributed by atoms with Crippen LogP contribution in [0.3, 0.4) is 0 Å². The van der Waals surface area contributed by atoms with Crippen molar-refractivity contribution in [1.29, 1.82) is 0 Å². The van der Waals surface area contributed by atoms with Crippen molar-refractivity contribution in [3.05, 3.63) is 33.8 Å². The minimum atomic E-state index is -0.889. The quantitative estimate of drug-likeness (QED) is 0.889. The van der Waals surface area contributed by atoms with Gasteiger partial charge in [0.05, 0.1) is 5.56 Å². The second-order valence-electron chi connectivity index (χ2n) is 4.14. The zero-order chi connectivity index (χ0) is 12.3. The van der Waals surface area contributed by atoms with Crippen LogP contribution in [0.2, 0.25) is 0 Å². The van der Waals surface area contributed by atoms with Crippen molar-refractivity contribution in [2.45, 2.75) is 6.54 Å². The largest absolute Gasteiger partial charge is 0.478 e. The van der Waals surface area contributed by atoms with Crippen LogP contribution >= 0.6 is 15.9 Å². The van der Waals surface area contributed by atoms with Crippen LogP contribution in [0.4, 0.5) is 0 Å². The number of aromatic carboxylic acids is 1. The molecule has 0 bridgehead atoms. The van der Waals surface area contributed by atoms with E-state index in [1.54, 1.807) is 12.1 Å². The lowest BCUT2D eigenvalue weighted by Crippen LogP contribution is -2.42. The van der Waals surface area contributed by atoms with Crippen LogP contribution in [0.5, 0.6) is 0 Å². The van der Waals surface area contributed by atoms with E-state index >= 15 is 0 Å². The van der Waals surface area contributed by atoms with Crippen LogP contribution in [0, 0.1) is 0 Å². The SMILES string of the molecule is O=C(O)c1ccc(CN2CCNCC2)c(Br)c1. The Morgan fingerprint density at radius 3 is 2.71 bits per heavy atom. The molecule has 1 heterocycles. The molecule has 4 nitrogen and oxygen atoms in total. The molecule has 92 valence electrons. The molecule has 1 saturated heterocycles. The molecule has 5 heteroatoms. The van der Waals surface area contributed by atoms with Crippen molar-refractivity contribution in [3.8, 4) is 0 Å². The van der Waals surface area contributed by atoms with Crippen molar-refractivity contribution in [2.24, 2.45) is 0 Å². The molecule has 0 aliphatic carbocycles. The normalized spacial score (nSPS) is 17.0. The first-order valence-corrected chi connectivity index (χ1v) is 6.41. The highest BCUT2D eigenvalue weighted by atomic mass is 79.9. The zero-order valence-electron chi connectivity index (χ0n) is 9.45. The highest BCUT2D eigenvalue weighted by molar-refractivity contribution is 9.10. The summed E-state index contributed by atoms with van der Waals surface area (Å²) in [6.45, 7) is 4.97. The van der Waals surface area contributed by atoms with E-state index in [1.165, 1.54) is 0 Å². The predicted octanol–water partition coefficient (Wildman–Crippen LogP) is 1.55. The van der Waals surface area contributed by atoms with E-state index in [9.17, 15) is 4.79 Å². The molecule has 2 rings (SSSR count). The highest BCUT2D eigenvalue weighted by Crippen LogP contribution is 2.20. The van der Waals surface area contributed by atoms with Gasteiger partial charge in [-0.2, -0.15) is 0 Å². The number of piperazine rings is 1. The van der Waals surface area contributed by atoms with Crippen molar-refractivity contribution in [2.75, 3.05) is 26.2 Å². The maximum atomic E-state index is 10.8. The van der Waals surface area contributed by atoms with Gasteiger partial charge in [-0.15, -0.1) is 0 Å². The van der Waals surface area contributed by atoms with Gasteiger partial charge in [0, 0.05) is 37.2 Å². The summed E-state index contributed by atoms with van der Waals surface area (Å²) in [6.07, 6.45) is 0. The summed E-state index contributed by atoms with van der Waals surface area (Å²) >= 11 is 3.44. The first-order chi connectivity index (χ1) is 8.16. The molecule has 1 aliphatic heterocycles. The number of hydrogen-bond donors (Lipinski definition) is 2.